The Balaban J connectivity index is 2.56. The molecule has 0 saturated heterocycles. The van der Waals surface area contributed by atoms with Gasteiger partial charge in [-0.2, -0.15) is 5.10 Å². The van der Waals surface area contributed by atoms with Crippen molar-refractivity contribution in [1.29, 1.82) is 0 Å². The number of nitrogens with zero attached hydrogens (tertiary/aromatic N) is 2. The fourth-order valence-electron chi connectivity index (χ4n) is 1.68. The molecule has 1 aromatic rings. The highest BCUT2D eigenvalue weighted by Gasteiger charge is 2.20. The summed E-state index contributed by atoms with van der Waals surface area (Å²) in [6.07, 6.45) is 0. The van der Waals surface area contributed by atoms with Gasteiger partial charge >= 0.3 is 0 Å². The van der Waals surface area contributed by atoms with E-state index in [1.807, 2.05) is 6.92 Å². The molecule has 1 unspecified atom stereocenters. The van der Waals surface area contributed by atoms with Crippen LogP contribution in [0.2, 0.25) is 5.15 Å². The van der Waals surface area contributed by atoms with E-state index in [9.17, 15) is 0 Å². The summed E-state index contributed by atoms with van der Waals surface area (Å²) in [5.74, 6) is 0.437. The molecular weight excluding hydrogens is 186 g/mol. The highest BCUT2D eigenvalue weighted by molar-refractivity contribution is 6.30. The predicted octanol–water partition coefficient (Wildman–Crippen LogP) is 1.65. The van der Waals surface area contributed by atoms with Crippen LogP contribution in [0, 0.1) is 6.92 Å². The lowest BCUT2D eigenvalue weighted by molar-refractivity contribution is 0.545. The maximum absolute atomic E-state index is 5.89. The van der Waals surface area contributed by atoms with Gasteiger partial charge in [0.1, 0.15) is 0 Å². The van der Waals surface area contributed by atoms with Gasteiger partial charge < -0.3 is 5.32 Å². The van der Waals surface area contributed by atoms with Gasteiger partial charge in [-0.1, -0.05) is 18.5 Å². The zero-order chi connectivity index (χ0) is 9.42. The van der Waals surface area contributed by atoms with Gasteiger partial charge in [0.2, 0.25) is 0 Å². The van der Waals surface area contributed by atoms with Crippen LogP contribution in [0.4, 0.5) is 0 Å². The largest absolute Gasteiger partial charge is 0.312 e. The smallest absolute Gasteiger partial charge is 0.154 e. The zero-order valence-electron chi connectivity index (χ0n) is 7.76. The van der Waals surface area contributed by atoms with Gasteiger partial charge in [-0.15, -0.1) is 5.10 Å². The third-order valence-corrected chi connectivity index (χ3v) is 2.89. The number of fused-ring (bicyclic) bond motifs is 1. The SMILES string of the molecule is Cc1c(Cl)nnc2c1CNCC2C. The summed E-state index contributed by atoms with van der Waals surface area (Å²) in [6.45, 7) is 5.98. The quantitative estimate of drug-likeness (QED) is 0.687. The van der Waals surface area contributed by atoms with Crippen LogP contribution in [0.3, 0.4) is 0 Å². The van der Waals surface area contributed by atoms with Crippen molar-refractivity contribution in [2.24, 2.45) is 0 Å². The minimum absolute atomic E-state index is 0.437. The van der Waals surface area contributed by atoms with Gasteiger partial charge in [-0.3, -0.25) is 0 Å². The molecule has 3 nitrogen and oxygen atoms in total. The van der Waals surface area contributed by atoms with Crippen LogP contribution in [-0.4, -0.2) is 16.7 Å². The summed E-state index contributed by atoms with van der Waals surface area (Å²) in [5.41, 5.74) is 3.38. The van der Waals surface area contributed by atoms with Crippen molar-refractivity contribution in [2.75, 3.05) is 6.54 Å². The molecule has 1 aromatic heterocycles. The molecule has 0 saturated carbocycles. The first-order valence-electron chi connectivity index (χ1n) is 4.42. The first-order valence-corrected chi connectivity index (χ1v) is 4.80. The fourth-order valence-corrected chi connectivity index (χ4v) is 1.83. The van der Waals surface area contributed by atoms with E-state index in [0.29, 0.717) is 11.1 Å². The third kappa shape index (κ3) is 1.42. The summed E-state index contributed by atoms with van der Waals surface area (Å²) in [4.78, 5) is 0. The van der Waals surface area contributed by atoms with E-state index >= 15 is 0 Å². The number of halogens is 1. The molecule has 4 heteroatoms. The second-order valence-electron chi connectivity index (χ2n) is 3.51. The van der Waals surface area contributed by atoms with Crippen molar-refractivity contribution in [1.82, 2.24) is 15.5 Å². The summed E-state index contributed by atoms with van der Waals surface area (Å²) < 4.78 is 0. The van der Waals surface area contributed by atoms with Crippen molar-refractivity contribution in [2.45, 2.75) is 26.3 Å². The topological polar surface area (TPSA) is 37.8 Å². The number of rotatable bonds is 0. The summed E-state index contributed by atoms with van der Waals surface area (Å²) >= 11 is 5.89. The van der Waals surface area contributed by atoms with Crippen LogP contribution in [0.5, 0.6) is 0 Å². The van der Waals surface area contributed by atoms with Crippen molar-refractivity contribution in [3.63, 3.8) is 0 Å². The average Bonchev–Trinajstić information content (AvgIpc) is 2.12. The van der Waals surface area contributed by atoms with E-state index < -0.39 is 0 Å². The number of aromatic nitrogens is 2. The average molecular weight is 198 g/mol. The van der Waals surface area contributed by atoms with E-state index in [1.54, 1.807) is 0 Å². The van der Waals surface area contributed by atoms with Crippen LogP contribution < -0.4 is 5.32 Å². The van der Waals surface area contributed by atoms with E-state index in [-0.39, 0.29) is 0 Å². The second kappa shape index (κ2) is 3.24. The lowest BCUT2D eigenvalue weighted by Gasteiger charge is -2.23. The normalized spacial score (nSPS) is 21.3. The Kier molecular flexibility index (Phi) is 2.22. The fraction of sp³-hybridized carbons (Fsp3) is 0.556. The monoisotopic (exact) mass is 197 g/mol. The first-order chi connectivity index (χ1) is 6.20. The van der Waals surface area contributed by atoms with E-state index in [2.05, 4.69) is 22.4 Å². The molecule has 0 aliphatic carbocycles. The molecule has 2 heterocycles. The molecule has 0 aromatic carbocycles. The van der Waals surface area contributed by atoms with E-state index in [0.717, 1.165) is 24.3 Å². The van der Waals surface area contributed by atoms with Crippen LogP contribution >= 0.6 is 11.6 Å². The Labute approximate surface area is 82.5 Å². The molecule has 0 bridgehead atoms. The van der Waals surface area contributed by atoms with Crippen LogP contribution in [0.1, 0.15) is 29.7 Å². The molecule has 1 N–H and O–H groups in total. The molecule has 70 valence electrons. The second-order valence-corrected chi connectivity index (χ2v) is 3.87. The highest BCUT2D eigenvalue weighted by Crippen LogP contribution is 2.26. The number of hydrogen-bond acceptors (Lipinski definition) is 3. The lowest BCUT2D eigenvalue weighted by atomic mass is 9.96. The van der Waals surface area contributed by atoms with Crippen molar-refractivity contribution in [3.8, 4) is 0 Å². The van der Waals surface area contributed by atoms with Gasteiger partial charge in [-0.05, 0) is 18.1 Å². The Morgan fingerprint density at radius 3 is 3.00 bits per heavy atom. The van der Waals surface area contributed by atoms with Gasteiger partial charge in [0.15, 0.2) is 5.15 Å². The molecule has 1 aliphatic heterocycles. The van der Waals surface area contributed by atoms with E-state index in [4.69, 9.17) is 11.6 Å². The van der Waals surface area contributed by atoms with Gasteiger partial charge in [-0.25, -0.2) is 0 Å². The molecular formula is C9H12ClN3. The number of nitrogens with one attached hydrogen (secondary N) is 1. The molecule has 0 radical (unpaired) electrons. The van der Waals surface area contributed by atoms with Gasteiger partial charge in [0.05, 0.1) is 5.69 Å². The Bertz CT molecular complexity index is 338. The molecule has 13 heavy (non-hydrogen) atoms. The minimum Gasteiger partial charge on any atom is -0.312 e. The maximum Gasteiger partial charge on any atom is 0.154 e. The first kappa shape index (κ1) is 8.91. The Hall–Kier alpha value is -0.670. The molecule has 1 aliphatic rings. The number of hydrogen-bond donors (Lipinski definition) is 1. The molecule has 2 rings (SSSR count). The third-order valence-electron chi connectivity index (χ3n) is 2.54. The van der Waals surface area contributed by atoms with E-state index in [1.165, 1.54) is 5.56 Å². The van der Waals surface area contributed by atoms with Crippen molar-refractivity contribution in [3.05, 3.63) is 22.0 Å². The Morgan fingerprint density at radius 1 is 1.46 bits per heavy atom. The van der Waals surface area contributed by atoms with Gasteiger partial charge in [0.25, 0.3) is 0 Å². The van der Waals surface area contributed by atoms with Crippen LogP contribution in [0.15, 0.2) is 0 Å². The summed E-state index contributed by atoms with van der Waals surface area (Å²) in [5, 5.41) is 11.9. The summed E-state index contributed by atoms with van der Waals surface area (Å²) in [7, 11) is 0. The molecule has 0 spiro atoms. The lowest BCUT2D eigenvalue weighted by Crippen LogP contribution is -2.28. The van der Waals surface area contributed by atoms with Gasteiger partial charge in [0, 0.05) is 19.0 Å². The predicted molar refractivity (Wildman–Crippen MR) is 51.9 cm³/mol. The van der Waals surface area contributed by atoms with Crippen LogP contribution in [0.25, 0.3) is 0 Å². The molecule has 0 amide bonds. The van der Waals surface area contributed by atoms with Crippen LogP contribution in [-0.2, 0) is 6.54 Å². The standard InChI is InChI=1S/C9H12ClN3/c1-5-3-11-4-7-6(2)9(10)13-12-8(5)7/h5,11H,3-4H2,1-2H3. The van der Waals surface area contributed by atoms with Crippen molar-refractivity contribution < 1.29 is 0 Å². The maximum atomic E-state index is 5.89. The summed E-state index contributed by atoms with van der Waals surface area (Å²) in [6, 6.07) is 0. The minimum atomic E-state index is 0.437. The Morgan fingerprint density at radius 2 is 2.23 bits per heavy atom. The molecule has 1 atom stereocenters. The zero-order valence-corrected chi connectivity index (χ0v) is 8.52. The molecule has 0 fully saturated rings. The van der Waals surface area contributed by atoms with Crippen molar-refractivity contribution >= 4 is 11.6 Å². The highest BCUT2D eigenvalue weighted by atomic mass is 35.5.